The Balaban J connectivity index is 1.80. The van der Waals surface area contributed by atoms with Crippen molar-refractivity contribution >= 4 is 5.96 Å². The van der Waals surface area contributed by atoms with Crippen molar-refractivity contribution < 1.29 is 4.74 Å². The molecule has 1 unspecified atom stereocenters. The van der Waals surface area contributed by atoms with Crippen LogP contribution < -0.4 is 15.4 Å². The molecule has 5 nitrogen and oxygen atoms in total. The molecule has 0 bridgehead atoms. The molecule has 1 heterocycles. The van der Waals surface area contributed by atoms with E-state index in [-0.39, 0.29) is 0 Å². The number of methoxy groups -OCH3 is 1. The monoisotopic (exact) mass is 360 g/mol. The second-order valence-electron chi connectivity index (χ2n) is 7.34. The van der Waals surface area contributed by atoms with Gasteiger partial charge in [0.15, 0.2) is 5.96 Å². The molecule has 0 aliphatic carbocycles. The molecule has 2 N–H and O–H groups in total. The van der Waals surface area contributed by atoms with Gasteiger partial charge in [-0.1, -0.05) is 12.1 Å². The molecule has 1 aliphatic heterocycles. The molecule has 1 aromatic rings. The highest BCUT2D eigenvalue weighted by Gasteiger charge is 2.21. The fraction of sp³-hybridized carbons (Fsp3) is 0.667. The second-order valence-corrected chi connectivity index (χ2v) is 7.34. The standard InChI is InChI=1S/C21H36N4O/c1-5-22-21(23-13-12-18-8-10-20(26-4)11-9-18)24-15-19-7-6-14-25(16-19)17(2)3/h8-11,17,19H,5-7,12-16H2,1-4H3,(H2,22,23,24). The van der Waals surface area contributed by atoms with E-state index in [4.69, 9.17) is 9.73 Å². The van der Waals surface area contributed by atoms with Crippen LogP contribution in [0.25, 0.3) is 0 Å². The van der Waals surface area contributed by atoms with E-state index in [0.29, 0.717) is 12.0 Å². The molecule has 0 amide bonds. The molecule has 2 rings (SSSR count). The second kappa shape index (κ2) is 11.1. The number of aliphatic imine (C=N–C) groups is 1. The molecule has 5 heteroatoms. The minimum Gasteiger partial charge on any atom is -0.497 e. The lowest BCUT2D eigenvalue weighted by atomic mass is 9.97. The Morgan fingerprint density at radius 2 is 2.04 bits per heavy atom. The van der Waals surface area contributed by atoms with Crippen molar-refractivity contribution in [3.8, 4) is 5.75 Å². The first-order valence-corrected chi connectivity index (χ1v) is 10.0. The summed E-state index contributed by atoms with van der Waals surface area (Å²) in [4.78, 5) is 7.41. The van der Waals surface area contributed by atoms with Crippen molar-refractivity contribution in [3.63, 3.8) is 0 Å². The van der Waals surface area contributed by atoms with Crippen molar-refractivity contribution in [1.82, 2.24) is 15.5 Å². The van der Waals surface area contributed by atoms with Crippen LogP contribution in [-0.4, -0.2) is 56.7 Å². The Morgan fingerprint density at radius 3 is 2.69 bits per heavy atom. The highest BCUT2D eigenvalue weighted by atomic mass is 16.5. The van der Waals surface area contributed by atoms with Gasteiger partial charge in [-0.15, -0.1) is 0 Å². The molecule has 1 fully saturated rings. The first kappa shape index (κ1) is 20.6. The lowest BCUT2D eigenvalue weighted by Crippen LogP contribution is -2.42. The number of hydrogen-bond acceptors (Lipinski definition) is 3. The predicted molar refractivity (Wildman–Crippen MR) is 110 cm³/mol. The normalized spacial score (nSPS) is 18.8. The maximum atomic E-state index is 5.21. The Hall–Kier alpha value is -1.75. The molecule has 1 aromatic carbocycles. The number of rotatable bonds is 8. The van der Waals surface area contributed by atoms with Gasteiger partial charge in [0.05, 0.1) is 7.11 Å². The van der Waals surface area contributed by atoms with Gasteiger partial charge in [0.2, 0.25) is 0 Å². The highest BCUT2D eigenvalue weighted by Crippen LogP contribution is 2.18. The van der Waals surface area contributed by atoms with E-state index >= 15 is 0 Å². The summed E-state index contributed by atoms with van der Waals surface area (Å²) in [6.07, 6.45) is 3.55. The van der Waals surface area contributed by atoms with Gasteiger partial charge in [0.25, 0.3) is 0 Å². The van der Waals surface area contributed by atoms with Gasteiger partial charge in [-0.25, -0.2) is 0 Å². The number of benzene rings is 1. The summed E-state index contributed by atoms with van der Waals surface area (Å²) in [7, 11) is 1.70. The maximum Gasteiger partial charge on any atom is 0.191 e. The number of piperidine rings is 1. The van der Waals surface area contributed by atoms with Crippen LogP contribution in [0.3, 0.4) is 0 Å². The van der Waals surface area contributed by atoms with E-state index < -0.39 is 0 Å². The Morgan fingerprint density at radius 1 is 1.27 bits per heavy atom. The smallest absolute Gasteiger partial charge is 0.191 e. The lowest BCUT2D eigenvalue weighted by molar-refractivity contribution is 0.143. The van der Waals surface area contributed by atoms with Crippen molar-refractivity contribution in [3.05, 3.63) is 29.8 Å². The largest absolute Gasteiger partial charge is 0.497 e. The van der Waals surface area contributed by atoms with E-state index in [9.17, 15) is 0 Å². The third kappa shape index (κ3) is 6.87. The minimum atomic E-state index is 0.637. The first-order valence-electron chi connectivity index (χ1n) is 10.0. The Labute approximate surface area is 159 Å². The molecular weight excluding hydrogens is 324 g/mol. The number of nitrogens with zero attached hydrogens (tertiary/aromatic N) is 2. The molecule has 0 radical (unpaired) electrons. The van der Waals surface area contributed by atoms with Crippen LogP contribution in [0.5, 0.6) is 5.75 Å². The van der Waals surface area contributed by atoms with Crippen molar-refractivity contribution in [2.24, 2.45) is 10.9 Å². The molecular formula is C21H36N4O. The molecule has 1 aliphatic rings. The number of hydrogen-bond donors (Lipinski definition) is 2. The molecule has 146 valence electrons. The van der Waals surface area contributed by atoms with Gasteiger partial charge < -0.3 is 20.3 Å². The van der Waals surface area contributed by atoms with E-state index in [1.807, 2.05) is 12.1 Å². The third-order valence-corrected chi connectivity index (χ3v) is 5.00. The molecule has 0 aromatic heterocycles. The van der Waals surface area contributed by atoms with E-state index in [0.717, 1.165) is 37.8 Å². The summed E-state index contributed by atoms with van der Waals surface area (Å²) in [5.41, 5.74) is 1.30. The highest BCUT2D eigenvalue weighted by molar-refractivity contribution is 5.79. The number of ether oxygens (including phenoxy) is 1. The van der Waals surface area contributed by atoms with Crippen LogP contribution in [0.1, 0.15) is 39.2 Å². The number of nitrogens with one attached hydrogen (secondary N) is 2. The van der Waals surface area contributed by atoms with Crippen molar-refractivity contribution in [2.45, 2.75) is 46.1 Å². The topological polar surface area (TPSA) is 48.9 Å². The molecule has 0 saturated carbocycles. The van der Waals surface area contributed by atoms with Crippen molar-refractivity contribution in [2.75, 3.05) is 39.8 Å². The molecule has 1 atom stereocenters. The van der Waals surface area contributed by atoms with Gasteiger partial charge in [-0.3, -0.25) is 4.99 Å². The quantitative estimate of drug-likeness (QED) is 0.553. The third-order valence-electron chi connectivity index (χ3n) is 5.00. The summed E-state index contributed by atoms with van der Waals surface area (Å²) in [5.74, 6) is 2.51. The van der Waals surface area contributed by atoms with Gasteiger partial charge in [0, 0.05) is 32.2 Å². The Bertz CT molecular complexity index is 541. The molecule has 0 spiro atoms. The molecule has 1 saturated heterocycles. The molecule has 26 heavy (non-hydrogen) atoms. The number of likely N-dealkylation sites (tertiary alicyclic amines) is 1. The lowest BCUT2D eigenvalue weighted by Gasteiger charge is -2.34. The zero-order valence-corrected chi connectivity index (χ0v) is 16.9. The van der Waals surface area contributed by atoms with Gasteiger partial charge in [0.1, 0.15) is 5.75 Å². The summed E-state index contributed by atoms with van der Waals surface area (Å²) < 4.78 is 5.21. The fourth-order valence-corrected chi connectivity index (χ4v) is 3.39. The van der Waals surface area contributed by atoms with Crippen LogP contribution >= 0.6 is 0 Å². The SMILES string of the molecule is CCNC(=NCC1CCCN(C(C)C)C1)NCCc1ccc(OC)cc1. The zero-order chi connectivity index (χ0) is 18.8. The maximum absolute atomic E-state index is 5.21. The van der Waals surface area contributed by atoms with Crippen LogP contribution in [0.4, 0.5) is 0 Å². The van der Waals surface area contributed by atoms with Crippen LogP contribution in [0.15, 0.2) is 29.3 Å². The van der Waals surface area contributed by atoms with Gasteiger partial charge in [-0.05, 0) is 70.2 Å². The minimum absolute atomic E-state index is 0.637. The van der Waals surface area contributed by atoms with Crippen molar-refractivity contribution in [1.29, 1.82) is 0 Å². The Kier molecular flexibility index (Phi) is 8.75. The first-order chi connectivity index (χ1) is 12.6. The van der Waals surface area contributed by atoms with Crippen LogP contribution in [0, 0.1) is 5.92 Å². The summed E-state index contributed by atoms with van der Waals surface area (Å²) in [6.45, 7) is 11.8. The zero-order valence-electron chi connectivity index (χ0n) is 16.9. The van der Waals surface area contributed by atoms with E-state index in [1.165, 1.54) is 31.5 Å². The summed E-state index contributed by atoms with van der Waals surface area (Å²) >= 11 is 0. The fourth-order valence-electron chi connectivity index (χ4n) is 3.39. The van der Waals surface area contributed by atoms with Gasteiger partial charge >= 0.3 is 0 Å². The summed E-state index contributed by atoms with van der Waals surface area (Å²) in [6, 6.07) is 8.90. The average molecular weight is 361 g/mol. The summed E-state index contributed by atoms with van der Waals surface area (Å²) in [5, 5.41) is 6.83. The average Bonchev–Trinajstić information content (AvgIpc) is 2.67. The van der Waals surface area contributed by atoms with E-state index in [2.05, 4.69) is 48.4 Å². The van der Waals surface area contributed by atoms with E-state index in [1.54, 1.807) is 7.11 Å². The number of guanidine groups is 1. The predicted octanol–water partition coefficient (Wildman–Crippen LogP) is 2.91. The van der Waals surface area contributed by atoms with Gasteiger partial charge in [-0.2, -0.15) is 0 Å². The van der Waals surface area contributed by atoms with Crippen LogP contribution in [0.2, 0.25) is 0 Å². The van der Waals surface area contributed by atoms with Crippen LogP contribution in [-0.2, 0) is 6.42 Å².